The van der Waals surface area contributed by atoms with E-state index in [0.29, 0.717) is 0 Å². The number of aromatic nitrogens is 1. The van der Waals surface area contributed by atoms with E-state index >= 15 is 0 Å². The smallest absolute Gasteiger partial charge is 0.0898 e. The molecule has 2 aromatic carbocycles. The van der Waals surface area contributed by atoms with Gasteiger partial charge in [0.2, 0.25) is 0 Å². The van der Waals surface area contributed by atoms with Gasteiger partial charge >= 0.3 is 0 Å². The molecular formula is C15H13BrN2S. The maximum atomic E-state index is 4.45. The molecule has 0 bridgehead atoms. The molecule has 0 aliphatic heterocycles. The van der Waals surface area contributed by atoms with Crippen LogP contribution >= 0.6 is 27.3 Å². The van der Waals surface area contributed by atoms with E-state index in [2.05, 4.69) is 68.0 Å². The summed E-state index contributed by atoms with van der Waals surface area (Å²) in [4.78, 5) is 4.45. The third-order valence-corrected chi connectivity index (χ3v) is 4.26. The standard InChI is InChI=1S/C15H13BrN2S/c1-10-18-15(9-19-10)8-17-14-5-3-11-6-13(16)4-2-12(11)7-14/h2-7,9,17H,8H2,1H3. The van der Waals surface area contributed by atoms with E-state index in [1.165, 1.54) is 10.8 Å². The van der Waals surface area contributed by atoms with Crippen molar-refractivity contribution in [2.75, 3.05) is 5.32 Å². The Morgan fingerprint density at radius 3 is 2.74 bits per heavy atom. The van der Waals surface area contributed by atoms with E-state index in [9.17, 15) is 0 Å². The van der Waals surface area contributed by atoms with E-state index in [4.69, 9.17) is 0 Å². The Balaban J connectivity index is 1.79. The molecule has 1 aromatic heterocycles. The van der Waals surface area contributed by atoms with Crippen LogP contribution in [-0.2, 0) is 6.54 Å². The number of nitrogens with one attached hydrogen (secondary N) is 1. The van der Waals surface area contributed by atoms with Crippen molar-refractivity contribution >= 4 is 43.7 Å². The van der Waals surface area contributed by atoms with Crippen molar-refractivity contribution in [3.8, 4) is 0 Å². The molecular weight excluding hydrogens is 320 g/mol. The number of benzene rings is 2. The van der Waals surface area contributed by atoms with Gasteiger partial charge in [0.15, 0.2) is 0 Å². The largest absolute Gasteiger partial charge is 0.379 e. The van der Waals surface area contributed by atoms with Gasteiger partial charge in [-0.3, -0.25) is 0 Å². The number of nitrogens with zero attached hydrogens (tertiary/aromatic N) is 1. The van der Waals surface area contributed by atoms with Gasteiger partial charge in [0.05, 0.1) is 17.2 Å². The normalized spacial score (nSPS) is 10.8. The maximum absolute atomic E-state index is 4.45. The summed E-state index contributed by atoms with van der Waals surface area (Å²) in [5.74, 6) is 0. The highest BCUT2D eigenvalue weighted by Crippen LogP contribution is 2.23. The lowest BCUT2D eigenvalue weighted by molar-refractivity contribution is 1.06. The van der Waals surface area contributed by atoms with Gasteiger partial charge in [0.1, 0.15) is 0 Å². The van der Waals surface area contributed by atoms with Gasteiger partial charge < -0.3 is 5.32 Å². The van der Waals surface area contributed by atoms with Crippen molar-refractivity contribution in [3.05, 3.63) is 57.0 Å². The second-order valence-corrected chi connectivity index (χ2v) is 6.40. The fraction of sp³-hybridized carbons (Fsp3) is 0.133. The van der Waals surface area contributed by atoms with Crippen molar-refractivity contribution in [2.24, 2.45) is 0 Å². The van der Waals surface area contributed by atoms with Gasteiger partial charge in [0.25, 0.3) is 0 Å². The number of rotatable bonds is 3. The molecule has 0 saturated carbocycles. The van der Waals surface area contributed by atoms with Gasteiger partial charge in [-0.15, -0.1) is 11.3 Å². The van der Waals surface area contributed by atoms with Crippen LogP contribution in [0.1, 0.15) is 10.7 Å². The number of aryl methyl sites for hydroxylation is 1. The van der Waals surface area contributed by atoms with E-state index in [-0.39, 0.29) is 0 Å². The molecule has 1 heterocycles. The average molecular weight is 333 g/mol. The lowest BCUT2D eigenvalue weighted by Crippen LogP contribution is -1.99. The molecule has 0 amide bonds. The van der Waals surface area contributed by atoms with Crippen LogP contribution in [-0.4, -0.2) is 4.98 Å². The number of halogens is 1. The zero-order valence-corrected chi connectivity index (χ0v) is 12.9. The second-order valence-electron chi connectivity index (χ2n) is 4.42. The van der Waals surface area contributed by atoms with Crippen molar-refractivity contribution in [1.82, 2.24) is 4.98 Å². The number of hydrogen-bond acceptors (Lipinski definition) is 3. The highest BCUT2D eigenvalue weighted by atomic mass is 79.9. The third kappa shape index (κ3) is 2.96. The number of fused-ring (bicyclic) bond motifs is 1. The number of thiazole rings is 1. The summed E-state index contributed by atoms with van der Waals surface area (Å²) in [6.07, 6.45) is 0. The minimum Gasteiger partial charge on any atom is -0.379 e. The molecule has 0 atom stereocenters. The van der Waals surface area contributed by atoms with E-state index in [0.717, 1.165) is 27.4 Å². The fourth-order valence-electron chi connectivity index (χ4n) is 2.01. The molecule has 0 fully saturated rings. The topological polar surface area (TPSA) is 24.9 Å². The second kappa shape index (κ2) is 5.31. The zero-order valence-electron chi connectivity index (χ0n) is 10.5. The molecule has 0 unspecified atom stereocenters. The SMILES string of the molecule is Cc1nc(CNc2ccc3cc(Br)ccc3c2)cs1. The Morgan fingerprint density at radius 1 is 1.16 bits per heavy atom. The van der Waals surface area contributed by atoms with Crippen LogP contribution in [0.3, 0.4) is 0 Å². The molecule has 1 N–H and O–H groups in total. The summed E-state index contributed by atoms with van der Waals surface area (Å²) in [6, 6.07) is 12.7. The number of hydrogen-bond donors (Lipinski definition) is 1. The third-order valence-electron chi connectivity index (χ3n) is 2.94. The molecule has 0 aliphatic rings. The highest BCUT2D eigenvalue weighted by molar-refractivity contribution is 9.10. The molecule has 0 spiro atoms. The summed E-state index contributed by atoms with van der Waals surface area (Å²) >= 11 is 5.18. The summed E-state index contributed by atoms with van der Waals surface area (Å²) < 4.78 is 1.11. The van der Waals surface area contributed by atoms with Crippen LogP contribution in [0.15, 0.2) is 46.3 Å². The molecule has 0 saturated heterocycles. The van der Waals surface area contributed by atoms with E-state index < -0.39 is 0 Å². The van der Waals surface area contributed by atoms with Crippen LogP contribution < -0.4 is 5.32 Å². The monoisotopic (exact) mass is 332 g/mol. The van der Waals surface area contributed by atoms with E-state index in [1.807, 2.05) is 6.92 Å². The summed E-state index contributed by atoms with van der Waals surface area (Å²) in [5, 5.41) is 9.10. The first kappa shape index (κ1) is 12.6. The predicted molar refractivity (Wildman–Crippen MR) is 85.8 cm³/mol. The first-order valence-corrected chi connectivity index (χ1v) is 7.72. The zero-order chi connectivity index (χ0) is 13.2. The average Bonchev–Trinajstić information content (AvgIpc) is 2.82. The molecule has 0 radical (unpaired) electrons. The Bertz CT molecular complexity index is 721. The van der Waals surface area contributed by atoms with Crippen molar-refractivity contribution in [3.63, 3.8) is 0 Å². The summed E-state index contributed by atoms with van der Waals surface area (Å²) in [5.41, 5.74) is 2.22. The van der Waals surface area contributed by atoms with Gasteiger partial charge in [0, 0.05) is 15.5 Å². The van der Waals surface area contributed by atoms with Crippen molar-refractivity contribution in [1.29, 1.82) is 0 Å². The molecule has 3 aromatic rings. The first-order valence-electron chi connectivity index (χ1n) is 6.05. The van der Waals surface area contributed by atoms with Crippen molar-refractivity contribution in [2.45, 2.75) is 13.5 Å². The Morgan fingerprint density at radius 2 is 1.95 bits per heavy atom. The summed E-state index contributed by atoms with van der Waals surface area (Å²) in [6.45, 7) is 2.80. The predicted octanol–water partition coefficient (Wildman–Crippen LogP) is 4.98. The van der Waals surface area contributed by atoms with Crippen LogP contribution in [0.25, 0.3) is 10.8 Å². The molecule has 0 aliphatic carbocycles. The fourth-order valence-corrected chi connectivity index (χ4v) is 3.00. The van der Waals surface area contributed by atoms with Gasteiger partial charge in [-0.2, -0.15) is 0 Å². The van der Waals surface area contributed by atoms with Crippen LogP contribution in [0.5, 0.6) is 0 Å². The lowest BCUT2D eigenvalue weighted by Gasteiger charge is -2.06. The Kier molecular flexibility index (Phi) is 3.53. The van der Waals surface area contributed by atoms with Crippen LogP contribution in [0, 0.1) is 6.92 Å². The van der Waals surface area contributed by atoms with E-state index in [1.54, 1.807) is 11.3 Å². The van der Waals surface area contributed by atoms with Gasteiger partial charge in [-0.05, 0) is 42.0 Å². The molecule has 96 valence electrons. The number of anilines is 1. The lowest BCUT2D eigenvalue weighted by atomic mass is 10.1. The quantitative estimate of drug-likeness (QED) is 0.731. The van der Waals surface area contributed by atoms with Crippen LogP contribution in [0.4, 0.5) is 5.69 Å². The highest BCUT2D eigenvalue weighted by Gasteiger charge is 2.00. The Labute approximate surface area is 124 Å². The molecule has 3 rings (SSSR count). The summed E-state index contributed by atoms with van der Waals surface area (Å²) in [7, 11) is 0. The minimum absolute atomic E-state index is 0.770. The maximum Gasteiger partial charge on any atom is 0.0898 e. The molecule has 19 heavy (non-hydrogen) atoms. The van der Waals surface area contributed by atoms with Crippen LogP contribution in [0.2, 0.25) is 0 Å². The molecule has 4 heteroatoms. The van der Waals surface area contributed by atoms with Gasteiger partial charge in [-0.1, -0.05) is 28.1 Å². The Hall–Kier alpha value is -1.39. The minimum atomic E-state index is 0.770. The molecule has 2 nitrogen and oxygen atoms in total. The van der Waals surface area contributed by atoms with Gasteiger partial charge in [-0.25, -0.2) is 4.98 Å². The van der Waals surface area contributed by atoms with Crippen molar-refractivity contribution < 1.29 is 0 Å². The first-order chi connectivity index (χ1) is 9.20.